The second-order valence-corrected chi connectivity index (χ2v) is 7.34. The van der Waals surface area contributed by atoms with E-state index in [9.17, 15) is 4.79 Å². The molecule has 0 radical (unpaired) electrons. The third-order valence-electron chi connectivity index (χ3n) is 5.19. The molecule has 3 aromatic rings. The van der Waals surface area contributed by atoms with Gasteiger partial charge in [0.05, 0.1) is 0 Å². The zero-order valence-corrected chi connectivity index (χ0v) is 16.1. The molecule has 1 saturated heterocycles. The number of nitrogens with zero attached hydrogens (tertiary/aromatic N) is 3. The molecule has 28 heavy (non-hydrogen) atoms. The number of aryl methyl sites for hydroxylation is 1. The Bertz CT molecular complexity index is 920. The smallest absolute Gasteiger partial charge is 0.321 e. The number of urea groups is 1. The molecule has 1 unspecified atom stereocenters. The topological polar surface area (TPSA) is 73.9 Å². The first-order valence-electron chi connectivity index (χ1n) is 9.75. The lowest BCUT2D eigenvalue weighted by Gasteiger charge is -2.33. The first kappa shape index (κ1) is 18.2. The number of aromatic nitrogens is 3. The standard InChI is InChI=1S/C22H25N5O/c1-16-23-21(26-25-16)14-17-9-11-20(12-10-17)24-22(28)27-13-5-8-19(15-27)18-6-3-2-4-7-18/h2-4,6-7,9-12,19H,5,8,13-15H2,1H3,(H,24,28)(H,23,25,26). The molecule has 1 aromatic heterocycles. The summed E-state index contributed by atoms with van der Waals surface area (Å²) in [5.74, 6) is 2.00. The van der Waals surface area contributed by atoms with Gasteiger partial charge >= 0.3 is 6.03 Å². The Morgan fingerprint density at radius 1 is 1.18 bits per heavy atom. The molecule has 1 atom stereocenters. The van der Waals surface area contributed by atoms with Gasteiger partial charge in [0.25, 0.3) is 0 Å². The highest BCUT2D eigenvalue weighted by atomic mass is 16.2. The molecule has 2 N–H and O–H groups in total. The molecule has 2 heterocycles. The van der Waals surface area contributed by atoms with Gasteiger partial charge in [-0.25, -0.2) is 9.78 Å². The van der Waals surface area contributed by atoms with E-state index in [4.69, 9.17) is 0 Å². The van der Waals surface area contributed by atoms with Gasteiger partial charge in [-0.1, -0.05) is 42.5 Å². The van der Waals surface area contributed by atoms with E-state index >= 15 is 0 Å². The van der Waals surface area contributed by atoms with E-state index in [0.29, 0.717) is 12.3 Å². The minimum atomic E-state index is -0.0297. The molecule has 1 aliphatic heterocycles. The van der Waals surface area contributed by atoms with Crippen LogP contribution in [0, 0.1) is 6.92 Å². The van der Waals surface area contributed by atoms with Gasteiger partial charge in [-0.2, -0.15) is 5.10 Å². The third-order valence-corrected chi connectivity index (χ3v) is 5.19. The number of anilines is 1. The SMILES string of the molecule is Cc1nc(Cc2ccc(NC(=O)N3CCCC(c4ccccc4)C3)cc2)n[nH]1. The van der Waals surface area contributed by atoms with Crippen LogP contribution >= 0.6 is 0 Å². The van der Waals surface area contributed by atoms with Gasteiger partial charge < -0.3 is 10.2 Å². The predicted octanol–water partition coefficient (Wildman–Crippen LogP) is 4.12. The van der Waals surface area contributed by atoms with Crippen molar-refractivity contribution in [3.8, 4) is 0 Å². The van der Waals surface area contributed by atoms with Gasteiger partial charge in [0.15, 0.2) is 5.82 Å². The molecular formula is C22H25N5O. The largest absolute Gasteiger partial charge is 0.324 e. The molecule has 2 aromatic carbocycles. The monoisotopic (exact) mass is 375 g/mol. The van der Waals surface area contributed by atoms with Crippen LogP contribution in [0.25, 0.3) is 0 Å². The fourth-order valence-electron chi connectivity index (χ4n) is 3.72. The zero-order valence-electron chi connectivity index (χ0n) is 16.1. The molecule has 0 saturated carbocycles. The van der Waals surface area contributed by atoms with E-state index in [2.05, 4.69) is 44.8 Å². The number of carbonyl (C=O) groups is 1. The van der Waals surface area contributed by atoms with Crippen molar-refractivity contribution in [3.05, 3.63) is 77.4 Å². The summed E-state index contributed by atoms with van der Waals surface area (Å²) in [4.78, 5) is 19.0. The van der Waals surface area contributed by atoms with Crippen molar-refractivity contribution in [2.75, 3.05) is 18.4 Å². The molecule has 144 valence electrons. The maximum Gasteiger partial charge on any atom is 0.321 e. The first-order valence-corrected chi connectivity index (χ1v) is 9.75. The summed E-state index contributed by atoms with van der Waals surface area (Å²) in [6.07, 6.45) is 2.83. The van der Waals surface area contributed by atoms with Gasteiger partial charge in [0, 0.05) is 31.1 Å². The van der Waals surface area contributed by atoms with Crippen molar-refractivity contribution in [2.24, 2.45) is 0 Å². The zero-order chi connectivity index (χ0) is 19.3. The summed E-state index contributed by atoms with van der Waals surface area (Å²) in [6, 6.07) is 18.3. The fourth-order valence-corrected chi connectivity index (χ4v) is 3.72. The number of carbonyl (C=O) groups excluding carboxylic acids is 1. The van der Waals surface area contributed by atoms with Gasteiger partial charge in [0.2, 0.25) is 0 Å². The Morgan fingerprint density at radius 3 is 2.68 bits per heavy atom. The van der Waals surface area contributed by atoms with Gasteiger partial charge in [-0.3, -0.25) is 5.10 Å². The maximum atomic E-state index is 12.7. The highest BCUT2D eigenvalue weighted by Crippen LogP contribution is 2.27. The molecular weight excluding hydrogens is 350 g/mol. The Morgan fingerprint density at radius 2 is 1.96 bits per heavy atom. The number of hydrogen-bond acceptors (Lipinski definition) is 3. The van der Waals surface area contributed by atoms with E-state index in [0.717, 1.165) is 48.8 Å². The Labute approximate surface area is 165 Å². The number of H-pyrrole nitrogens is 1. The van der Waals surface area contributed by atoms with Crippen LogP contribution in [0.4, 0.5) is 10.5 Å². The summed E-state index contributed by atoms with van der Waals surface area (Å²) in [6.45, 7) is 3.45. The van der Waals surface area contributed by atoms with Gasteiger partial charge in [-0.15, -0.1) is 0 Å². The van der Waals surface area contributed by atoms with Crippen LogP contribution < -0.4 is 5.32 Å². The summed E-state index contributed by atoms with van der Waals surface area (Å²) in [7, 11) is 0. The van der Waals surface area contributed by atoms with E-state index in [1.54, 1.807) is 0 Å². The highest BCUT2D eigenvalue weighted by molar-refractivity contribution is 5.89. The van der Waals surface area contributed by atoms with E-state index in [1.807, 2.05) is 42.2 Å². The number of amides is 2. The van der Waals surface area contributed by atoms with E-state index in [-0.39, 0.29) is 6.03 Å². The maximum absolute atomic E-state index is 12.7. The van der Waals surface area contributed by atoms with Crippen LogP contribution in [0.5, 0.6) is 0 Å². The summed E-state index contributed by atoms with van der Waals surface area (Å²) >= 11 is 0. The van der Waals surface area contributed by atoms with E-state index < -0.39 is 0 Å². The Kier molecular flexibility index (Phi) is 5.37. The minimum Gasteiger partial charge on any atom is -0.324 e. The minimum absolute atomic E-state index is 0.0297. The summed E-state index contributed by atoms with van der Waals surface area (Å²) < 4.78 is 0. The van der Waals surface area contributed by atoms with Crippen molar-refractivity contribution in [3.63, 3.8) is 0 Å². The third kappa shape index (κ3) is 4.39. The first-order chi connectivity index (χ1) is 13.7. The molecule has 0 bridgehead atoms. The van der Waals surface area contributed by atoms with E-state index in [1.165, 1.54) is 5.56 Å². The lowest BCUT2D eigenvalue weighted by Crippen LogP contribution is -2.41. The number of aromatic amines is 1. The number of nitrogens with one attached hydrogen (secondary N) is 2. The average molecular weight is 375 g/mol. The second-order valence-electron chi connectivity index (χ2n) is 7.34. The lowest BCUT2D eigenvalue weighted by molar-refractivity contribution is 0.193. The van der Waals surface area contributed by atoms with Crippen LogP contribution in [0.1, 0.15) is 41.5 Å². The van der Waals surface area contributed by atoms with Crippen molar-refractivity contribution >= 4 is 11.7 Å². The Balaban J connectivity index is 1.35. The summed E-state index contributed by atoms with van der Waals surface area (Å²) in [5, 5.41) is 10.0. The van der Waals surface area contributed by atoms with Crippen LogP contribution in [0.3, 0.4) is 0 Å². The number of benzene rings is 2. The van der Waals surface area contributed by atoms with Gasteiger partial charge in [0.1, 0.15) is 5.82 Å². The average Bonchev–Trinajstić information content (AvgIpc) is 3.15. The number of rotatable bonds is 4. The highest BCUT2D eigenvalue weighted by Gasteiger charge is 2.24. The quantitative estimate of drug-likeness (QED) is 0.720. The van der Waals surface area contributed by atoms with Crippen molar-refractivity contribution < 1.29 is 4.79 Å². The molecule has 1 fully saturated rings. The lowest BCUT2D eigenvalue weighted by atomic mass is 9.91. The molecule has 0 aliphatic carbocycles. The van der Waals surface area contributed by atoms with Gasteiger partial charge in [-0.05, 0) is 43.0 Å². The molecule has 6 heteroatoms. The predicted molar refractivity (Wildman–Crippen MR) is 109 cm³/mol. The number of likely N-dealkylation sites (tertiary alicyclic amines) is 1. The molecule has 0 spiro atoms. The number of piperidine rings is 1. The molecule has 6 nitrogen and oxygen atoms in total. The van der Waals surface area contributed by atoms with Crippen LogP contribution in [0.2, 0.25) is 0 Å². The van der Waals surface area contributed by atoms with Crippen molar-refractivity contribution in [2.45, 2.75) is 32.1 Å². The number of hydrogen-bond donors (Lipinski definition) is 2. The van der Waals surface area contributed by atoms with Crippen LogP contribution in [-0.2, 0) is 6.42 Å². The Hall–Kier alpha value is -3.15. The van der Waals surface area contributed by atoms with Crippen molar-refractivity contribution in [1.82, 2.24) is 20.1 Å². The second kappa shape index (κ2) is 8.25. The van der Waals surface area contributed by atoms with Crippen molar-refractivity contribution in [1.29, 1.82) is 0 Å². The molecule has 4 rings (SSSR count). The summed E-state index contributed by atoms with van der Waals surface area (Å²) in [5.41, 5.74) is 3.23. The van der Waals surface area contributed by atoms with Crippen LogP contribution in [-0.4, -0.2) is 39.2 Å². The molecule has 1 aliphatic rings. The van der Waals surface area contributed by atoms with Crippen LogP contribution in [0.15, 0.2) is 54.6 Å². The fraction of sp³-hybridized carbons (Fsp3) is 0.318. The normalized spacial score (nSPS) is 16.8. The molecule has 2 amide bonds.